The van der Waals surface area contributed by atoms with Crippen molar-refractivity contribution in [2.75, 3.05) is 13.1 Å². The maximum atomic E-state index is 13.8. The van der Waals surface area contributed by atoms with E-state index in [1.165, 1.54) is 0 Å². The van der Waals surface area contributed by atoms with Gasteiger partial charge in [-0.25, -0.2) is 4.39 Å². The molecule has 1 saturated carbocycles. The van der Waals surface area contributed by atoms with Crippen molar-refractivity contribution in [3.05, 3.63) is 35.6 Å². The first-order chi connectivity index (χ1) is 8.30. The normalized spacial score (nSPS) is 23.6. The van der Waals surface area contributed by atoms with Crippen molar-refractivity contribution in [3.8, 4) is 0 Å². The fourth-order valence-electron chi connectivity index (χ4n) is 2.82. The van der Waals surface area contributed by atoms with Crippen LogP contribution >= 0.6 is 0 Å². The first-order valence-corrected chi connectivity index (χ1v) is 6.54. The zero-order chi connectivity index (χ0) is 11.7. The number of halogens is 1. The summed E-state index contributed by atoms with van der Waals surface area (Å²) in [7, 11) is 0. The Hall–Kier alpha value is -0.930. The average molecular weight is 234 g/mol. The van der Waals surface area contributed by atoms with Crippen LogP contribution in [0, 0.1) is 5.82 Å². The summed E-state index contributed by atoms with van der Waals surface area (Å²) >= 11 is 0. The van der Waals surface area contributed by atoms with Crippen LogP contribution in [0.3, 0.4) is 0 Å². The minimum atomic E-state index is -0.0635. The largest absolute Gasteiger partial charge is 0.317 e. The van der Waals surface area contributed by atoms with Gasteiger partial charge in [-0.1, -0.05) is 18.2 Å². The molecule has 2 nitrogen and oxygen atoms in total. The van der Waals surface area contributed by atoms with Crippen LogP contribution in [0.4, 0.5) is 4.39 Å². The quantitative estimate of drug-likeness (QED) is 0.837. The number of rotatable bonds is 3. The highest BCUT2D eigenvalue weighted by Crippen LogP contribution is 2.47. The monoisotopic (exact) mass is 234 g/mol. The van der Waals surface area contributed by atoms with Crippen molar-refractivity contribution < 1.29 is 4.39 Å². The van der Waals surface area contributed by atoms with Crippen molar-refractivity contribution in [1.29, 1.82) is 0 Å². The number of nitrogens with one attached hydrogen (secondary N) is 2. The molecule has 3 heteroatoms. The first kappa shape index (κ1) is 11.2. The van der Waals surface area contributed by atoms with Crippen LogP contribution in [0.15, 0.2) is 24.3 Å². The van der Waals surface area contributed by atoms with Gasteiger partial charge >= 0.3 is 0 Å². The molecule has 2 N–H and O–H groups in total. The molecule has 0 unspecified atom stereocenters. The molecular formula is C14H19FN2. The van der Waals surface area contributed by atoms with Crippen LogP contribution in [-0.4, -0.2) is 19.1 Å². The van der Waals surface area contributed by atoms with Gasteiger partial charge in [-0.15, -0.1) is 0 Å². The molecule has 0 bridgehead atoms. The Kier molecular flexibility index (Phi) is 2.89. The topological polar surface area (TPSA) is 24.1 Å². The molecule has 2 aliphatic rings. The summed E-state index contributed by atoms with van der Waals surface area (Å²) in [5, 5.41) is 7.04. The molecule has 1 aliphatic heterocycles. The van der Waals surface area contributed by atoms with E-state index in [2.05, 4.69) is 10.6 Å². The summed E-state index contributed by atoms with van der Waals surface area (Å²) in [5.74, 6) is -0.0635. The molecule has 0 spiro atoms. The molecule has 0 amide bonds. The van der Waals surface area contributed by atoms with E-state index >= 15 is 0 Å². The van der Waals surface area contributed by atoms with Gasteiger partial charge in [0.1, 0.15) is 5.82 Å². The van der Waals surface area contributed by atoms with E-state index in [4.69, 9.17) is 0 Å². The second-order valence-electron chi connectivity index (χ2n) is 5.23. The van der Waals surface area contributed by atoms with Crippen molar-refractivity contribution >= 4 is 0 Å². The fraction of sp³-hybridized carbons (Fsp3) is 0.571. The standard InChI is InChI=1S/C14H19FN2/c15-13-4-2-1-3-12(13)14(7-8-14)17-11-5-9-16-10-6-11/h1-4,11,16-17H,5-10H2. The third-order valence-electron chi connectivity index (χ3n) is 3.96. The molecule has 92 valence electrons. The lowest BCUT2D eigenvalue weighted by Crippen LogP contribution is -2.45. The lowest BCUT2D eigenvalue weighted by atomic mass is 9.99. The van der Waals surface area contributed by atoms with Crippen LogP contribution < -0.4 is 10.6 Å². The van der Waals surface area contributed by atoms with E-state index in [-0.39, 0.29) is 11.4 Å². The van der Waals surface area contributed by atoms with Crippen LogP contribution in [0.25, 0.3) is 0 Å². The minimum Gasteiger partial charge on any atom is -0.317 e. The Morgan fingerprint density at radius 2 is 1.88 bits per heavy atom. The van der Waals surface area contributed by atoms with Crippen molar-refractivity contribution in [1.82, 2.24) is 10.6 Å². The van der Waals surface area contributed by atoms with E-state index in [1.807, 2.05) is 12.1 Å². The first-order valence-electron chi connectivity index (χ1n) is 6.54. The van der Waals surface area contributed by atoms with Gasteiger partial charge in [-0.05, 0) is 44.8 Å². The van der Waals surface area contributed by atoms with Gasteiger partial charge in [0, 0.05) is 17.1 Å². The summed E-state index contributed by atoms with van der Waals surface area (Å²) in [5.41, 5.74) is 0.798. The maximum Gasteiger partial charge on any atom is 0.128 e. The molecular weight excluding hydrogens is 215 g/mol. The van der Waals surface area contributed by atoms with Gasteiger partial charge in [-0.2, -0.15) is 0 Å². The molecule has 0 atom stereocenters. The molecule has 1 saturated heterocycles. The molecule has 17 heavy (non-hydrogen) atoms. The van der Waals surface area contributed by atoms with Crippen LogP contribution in [-0.2, 0) is 5.54 Å². The predicted molar refractivity (Wildman–Crippen MR) is 66.3 cm³/mol. The molecule has 1 heterocycles. The van der Waals surface area contributed by atoms with Gasteiger partial charge in [0.2, 0.25) is 0 Å². The SMILES string of the molecule is Fc1ccccc1C1(NC2CCNCC2)CC1. The molecule has 0 radical (unpaired) electrons. The molecule has 1 aromatic carbocycles. The van der Waals surface area contributed by atoms with E-state index in [0.717, 1.165) is 44.3 Å². The fourth-order valence-corrected chi connectivity index (χ4v) is 2.82. The maximum absolute atomic E-state index is 13.8. The predicted octanol–water partition coefficient (Wildman–Crippen LogP) is 2.16. The number of hydrogen-bond donors (Lipinski definition) is 2. The Labute approximate surface area is 102 Å². The van der Waals surface area contributed by atoms with Crippen molar-refractivity contribution in [2.45, 2.75) is 37.3 Å². The summed E-state index contributed by atoms with van der Waals surface area (Å²) in [6.07, 6.45) is 4.43. The summed E-state index contributed by atoms with van der Waals surface area (Å²) in [4.78, 5) is 0. The smallest absolute Gasteiger partial charge is 0.128 e. The molecule has 1 aromatic rings. The van der Waals surface area contributed by atoms with E-state index in [1.54, 1.807) is 12.1 Å². The Morgan fingerprint density at radius 1 is 1.18 bits per heavy atom. The highest BCUT2D eigenvalue weighted by Gasteiger charge is 2.46. The Morgan fingerprint density at radius 3 is 2.53 bits per heavy atom. The molecule has 0 aromatic heterocycles. The lowest BCUT2D eigenvalue weighted by molar-refractivity contribution is 0.334. The van der Waals surface area contributed by atoms with Crippen molar-refractivity contribution in [3.63, 3.8) is 0 Å². The Bertz CT molecular complexity index is 395. The van der Waals surface area contributed by atoms with Gasteiger partial charge in [0.25, 0.3) is 0 Å². The van der Waals surface area contributed by atoms with Crippen LogP contribution in [0.2, 0.25) is 0 Å². The molecule has 2 fully saturated rings. The van der Waals surface area contributed by atoms with Crippen LogP contribution in [0.1, 0.15) is 31.2 Å². The summed E-state index contributed by atoms with van der Waals surface area (Å²) < 4.78 is 13.8. The van der Waals surface area contributed by atoms with Gasteiger partial charge in [-0.3, -0.25) is 0 Å². The lowest BCUT2D eigenvalue weighted by Gasteiger charge is -2.29. The Balaban J connectivity index is 1.75. The minimum absolute atomic E-state index is 0.0622. The third-order valence-corrected chi connectivity index (χ3v) is 3.96. The average Bonchev–Trinajstić information content (AvgIpc) is 3.12. The second-order valence-corrected chi connectivity index (χ2v) is 5.23. The van der Waals surface area contributed by atoms with Gasteiger partial charge < -0.3 is 10.6 Å². The summed E-state index contributed by atoms with van der Waals surface area (Å²) in [6.45, 7) is 2.15. The zero-order valence-corrected chi connectivity index (χ0v) is 10.0. The number of benzene rings is 1. The van der Waals surface area contributed by atoms with E-state index in [9.17, 15) is 4.39 Å². The zero-order valence-electron chi connectivity index (χ0n) is 10.0. The second kappa shape index (κ2) is 4.39. The molecule has 3 rings (SSSR count). The van der Waals surface area contributed by atoms with E-state index in [0.29, 0.717) is 6.04 Å². The van der Waals surface area contributed by atoms with Gasteiger partial charge in [0.15, 0.2) is 0 Å². The van der Waals surface area contributed by atoms with Crippen LogP contribution in [0.5, 0.6) is 0 Å². The number of hydrogen-bond acceptors (Lipinski definition) is 2. The third kappa shape index (κ3) is 2.22. The molecule has 1 aliphatic carbocycles. The highest BCUT2D eigenvalue weighted by molar-refractivity contribution is 5.31. The van der Waals surface area contributed by atoms with E-state index < -0.39 is 0 Å². The summed E-state index contributed by atoms with van der Waals surface area (Å²) in [6, 6.07) is 7.73. The van der Waals surface area contributed by atoms with Gasteiger partial charge in [0.05, 0.1) is 0 Å². The number of piperidine rings is 1. The highest BCUT2D eigenvalue weighted by atomic mass is 19.1. The van der Waals surface area contributed by atoms with Crippen molar-refractivity contribution in [2.24, 2.45) is 0 Å².